The number of allylic oxidation sites excluding steroid dienone is 1. The van der Waals surface area contributed by atoms with Crippen molar-refractivity contribution in [3.8, 4) is 0 Å². The molecule has 0 atom stereocenters. The molecule has 0 heterocycles. The van der Waals surface area contributed by atoms with Gasteiger partial charge in [-0.2, -0.15) is 0 Å². The monoisotopic (exact) mass is 234 g/mol. The summed E-state index contributed by atoms with van der Waals surface area (Å²) in [5.74, 6) is 0. The molecule has 0 aliphatic rings. The van der Waals surface area contributed by atoms with Crippen LogP contribution in [0.5, 0.6) is 0 Å². The third-order valence-corrected chi connectivity index (χ3v) is 2.61. The lowest BCUT2D eigenvalue weighted by atomic mass is 10.1. The molecule has 2 rings (SSSR count). The quantitative estimate of drug-likeness (QED) is 0.781. The van der Waals surface area contributed by atoms with Gasteiger partial charge in [0.25, 0.3) is 0 Å². The van der Waals surface area contributed by atoms with Gasteiger partial charge in [0, 0.05) is 5.56 Å². The van der Waals surface area contributed by atoms with E-state index in [1.807, 2.05) is 60.7 Å². The average molecular weight is 234 g/mol. The SMILES string of the molecule is C=N/C(=C\C(=N)c1ccccc1)c1ccccc1. The highest BCUT2D eigenvalue weighted by molar-refractivity contribution is 6.10. The van der Waals surface area contributed by atoms with E-state index in [-0.39, 0.29) is 0 Å². The van der Waals surface area contributed by atoms with Crippen LogP contribution in [0.25, 0.3) is 5.70 Å². The Morgan fingerprint density at radius 3 is 1.89 bits per heavy atom. The van der Waals surface area contributed by atoms with Gasteiger partial charge in [0.05, 0.1) is 11.4 Å². The Labute approximate surface area is 107 Å². The maximum atomic E-state index is 8.05. The van der Waals surface area contributed by atoms with Gasteiger partial charge < -0.3 is 5.41 Å². The van der Waals surface area contributed by atoms with Crippen molar-refractivity contribution in [3.63, 3.8) is 0 Å². The molecule has 0 fully saturated rings. The zero-order valence-electron chi connectivity index (χ0n) is 10.0. The van der Waals surface area contributed by atoms with Gasteiger partial charge in [0.15, 0.2) is 0 Å². The second-order valence-electron chi connectivity index (χ2n) is 3.83. The highest BCUT2D eigenvalue weighted by Gasteiger charge is 2.02. The van der Waals surface area contributed by atoms with Crippen molar-refractivity contribution in [3.05, 3.63) is 77.9 Å². The van der Waals surface area contributed by atoms with Crippen LogP contribution in [0.3, 0.4) is 0 Å². The Morgan fingerprint density at radius 2 is 1.39 bits per heavy atom. The molecule has 2 heteroatoms. The molecule has 0 unspecified atom stereocenters. The van der Waals surface area contributed by atoms with Gasteiger partial charge in [0.1, 0.15) is 0 Å². The van der Waals surface area contributed by atoms with E-state index in [4.69, 9.17) is 5.41 Å². The van der Waals surface area contributed by atoms with Crippen LogP contribution < -0.4 is 0 Å². The third-order valence-electron chi connectivity index (χ3n) is 2.61. The summed E-state index contributed by atoms with van der Waals surface area (Å²) in [6.45, 7) is 3.57. The number of aliphatic imine (C=N–C) groups is 1. The largest absolute Gasteiger partial charge is 0.300 e. The van der Waals surface area contributed by atoms with Crippen molar-refractivity contribution in [1.82, 2.24) is 0 Å². The van der Waals surface area contributed by atoms with Crippen LogP contribution in [-0.2, 0) is 0 Å². The molecule has 2 aromatic carbocycles. The van der Waals surface area contributed by atoms with Crippen LogP contribution in [0.2, 0.25) is 0 Å². The van der Waals surface area contributed by atoms with Crippen LogP contribution in [0.1, 0.15) is 11.1 Å². The minimum Gasteiger partial charge on any atom is -0.300 e. The van der Waals surface area contributed by atoms with Crippen LogP contribution in [0.15, 0.2) is 71.7 Å². The lowest BCUT2D eigenvalue weighted by Crippen LogP contribution is -1.95. The van der Waals surface area contributed by atoms with E-state index in [0.717, 1.165) is 11.1 Å². The molecule has 88 valence electrons. The normalized spacial score (nSPS) is 11.0. The van der Waals surface area contributed by atoms with E-state index in [9.17, 15) is 0 Å². The van der Waals surface area contributed by atoms with Crippen LogP contribution in [0, 0.1) is 5.41 Å². The summed E-state index contributed by atoms with van der Waals surface area (Å²) < 4.78 is 0. The Morgan fingerprint density at radius 1 is 0.889 bits per heavy atom. The second-order valence-corrected chi connectivity index (χ2v) is 3.83. The molecule has 1 N–H and O–H groups in total. The van der Waals surface area contributed by atoms with Crippen molar-refractivity contribution in [2.45, 2.75) is 0 Å². The zero-order valence-corrected chi connectivity index (χ0v) is 10.0. The minimum atomic E-state index is 0.432. The average Bonchev–Trinajstić information content (AvgIpc) is 2.46. The number of hydrogen-bond acceptors (Lipinski definition) is 2. The topological polar surface area (TPSA) is 36.2 Å². The summed E-state index contributed by atoms with van der Waals surface area (Å²) in [5.41, 5.74) is 2.98. The molecule has 0 aliphatic carbocycles. The van der Waals surface area contributed by atoms with Gasteiger partial charge in [-0.1, -0.05) is 60.7 Å². The first-order chi connectivity index (χ1) is 8.81. The maximum Gasteiger partial charge on any atom is 0.0716 e. The van der Waals surface area contributed by atoms with Crippen molar-refractivity contribution in [1.29, 1.82) is 5.41 Å². The van der Waals surface area contributed by atoms with E-state index in [1.54, 1.807) is 6.08 Å². The number of hydrogen-bond donors (Lipinski definition) is 1. The molecule has 2 nitrogen and oxygen atoms in total. The van der Waals surface area contributed by atoms with Gasteiger partial charge in [-0.3, -0.25) is 4.99 Å². The summed E-state index contributed by atoms with van der Waals surface area (Å²) in [6.07, 6.45) is 1.73. The molecule has 0 spiro atoms. The van der Waals surface area contributed by atoms with Gasteiger partial charge >= 0.3 is 0 Å². The first kappa shape index (κ1) is 12.0. The molecular formula is C16H14N2. The number of rotatable bonds is 4. The van der Waals surface area contributed by atoms with E-state index < -0.39 is 0 Å². The summed E-state index contributed by atoms with van der Waals surface area (Å²) >= 11 is 0. The standard InChI is InChI=1S/C16H14N2/c1-18-16(14-10-6-3-7-11-14)12-15(17)13-8-4-2-5-9-13/h2-12,17H,1H2/b16-12-,17-15?. The lowest BCUT2D eigenvalue weighted by Gasteiger charge is -2.03. The fourth-order valence-corrected chi connectivity index (χ4v) is 1.67. The van der Waals surface area contributed by atoms with Gasteiger partial charge in [-0.15, -0.1) is 0 Å². The van der Waals surface area contributed by atoms with E-state index >= 15 is 0 Å². The Hall–Kier alpha value is -2.48. The molecule has 0 bridgehead atoms. The van der Waals surface area contributed by atoms with Gasteiger partial charge in [0.2, 0.25) is 0 Å². The first-order valence-corrected chi connectivity index (χ1v) is 5.69. The lowest BCUT2D eigenvalue weighted by molar-refractivity contribution is 1.47. The summed E-state index contributed by atoms with van der Waals surface area (Å²) in [5, 5.41) is 8.05. The van der Waals surface area contributed by atoms with E-state index in [1.165, 1.54) is 0 Å². The molecule has 0 aliphatic heterocycles. The summed E-state index contributed by atoms with van der Waals surface area (Å²) in [4.78, 5) is 3.99. The third kappa shape index (κ3) is 2.80. The summed E-state index contributed by atoms with van der Waals surface area (Å²) in [7, 11) is 0. The van der Waals surface area contributed by atoms with Gasteiger partial charge in [-0.05, 0) is 18.4 Å². The number of nitrogens with one attached hydrogen (secondary N) is 1. The highest BCUT2D eigenvalue weighted by atomic mass is 14.7. The van der Waals surface area contributed by atoms with E-state index in [0.29, 0.717) is 11.4 Å². The zero-order chi connectivity index (χ0) is 12.8. The molecule has 0 saturated heterocycles. The molecule has 0 aromatic heterocycles. The smallest absolute Gasteiger partial charge is 0.0716 e. The fourth-order valence-electron chi connectivity index (χ4n) is 1.67. The predicted molar refractivity (Wildman–Crippen MR) is 77.2 cm³/mol. The summed E-state index contributed by atoms with van der Waals surface area (Å²) in [6, 6.07) is 19.3. The Balaban J connectivity index is 2.32. The Kier molecular flexibility index (Phi) is 3.82. The van der Waals surface area contributed by atoms with Crippen LogP contribution in [0.4, 0.5) is 0 Å². The van der Waals surface area contributed by atoms with Crippen LogP contribution in [-0.4, -0.2) is 12.4 Å². The fraction of sp³-hybridized carbons (Fsp3) is 0. The number of benzene rings is 2. The molecule has 2 aromatic rings. The van der Waals surface area contributed by atoms with Gasteiger partial charge in [-0.25, -0.2) is 0 Å². The molecule has 0 radical (unpaired) electrons. The molecule has 18 heavy (non-hydrogen) atoms. The predicted octanol–water partition coefficient (Wildman–Crippen LogP) is 3.80. The van der Waals surface area contributed by atoms with Crippen molar-refractivity contribution in [2.75, 3.05) is 0 Å². The molecular weight excluding hydrogens is 220 g/mol. The van der Waals surface area contributed by atoms with Crippen LogP contribution >= 0.6 is 0 Å². The van der Waals surface area contributed by atoms with Crippen molar-refractivity contribution in [2.24, 2.45) is 4.99 Å². The minimum absolute atomic E-state index is 0.432. The maximum absolute atomic E-state index is 8.05. The highest BCUT2D eigenvalue weighted by Crippen LogP contribution is 2.16. The second kappa shape index (κ2) is 5.73. The molecule has 0 saturated carbocycles. The van der Waals surface area contributed by atoms with Crippen molar-refractivity contribution < 1.29 is 0 Å². The van der Waals surface area contributed by atoms with E-state index in [2.05, 4.69) is 11.7 Å². The van der Waals surface area contributed by atoms with Crippen molar-refractivity contribution >= 4 is 18.1 Å². The first-order valence-electron chi connectivity index (χ1n) is 5.69. The Bertz CT molecular complexity index is 569. The number of nitrogens with zero attached hydrogens (tertiary/aromatic N) is 1. The molecule has 0 amide bonds.